The minimum atomic E-state index is 0.501. The summed E-state index contributed by atoms with van der Waals surface area (Å²) in [5.74, 6) is 2.81. The van der Waals surface area contributed by atoms with Gasteiger partial charge in [0.1, 0.15) is 18.7 Å². The molecule has 10 nitrogen and oxygen atoms in total. The molecule has 4 aromatic rings. The highest BCUT2D eigenvalue weighted by Gasteiger charge is 2.22. The van der Waals surface area contributed by atoms with Gasteiger partial charge in [0, 0.05) is 56.7 Å². The summed E-state index contributed by atoms with van der Waals surface area (Å²) in [5, 5.41) is 3.29. The van der Waals surface area contributed by atoms with Crippen molar-refractivity contribution in [1.82, 2.24) is 29.8 Å². The molecule has 2 fully saturated rings. The van der Waals surface area contributed by atoms with Crippen molar-refractivity contribution in [2.75, 3.05) is 61.5 Å². The maximum atomic E-state index is 6.00. The number of piperazine rings is 1. The maximum absolute atomic E-state index is 6.00. The molecule has 40 heavy (non-hydrogen) atoms. The minimum Gasteiger partial charge on any atom is -0.492 e. The molecule has 1 atom stereocenters. The second kappa shape index (κ2) is 12.3. The number of anilines is 4. The van der Waals surface area contributed by atoms with E-state index in [1.165, 1.54) is 18.4 Å². The van der Waals surface area contributed by atoms with Crippen LogP contribution < -0.4 is 19.9 Å². The Bertz CT molecular complexity index is 1360. The molecular weight excluding hydrogens is 502 g/mol. The normalized spacial score (nSPS) is 17.7. The zero-order chi connectivity index (χ0) is 27.1. The van der Waals surface area contributed by atoms with Crippen LogP contribution in [0.15, 0.2) is 73.3 Å². The lowest BCUT2D eigenvalue weighted by Crippen LogP contribution is -2.47. The Morgan fingerprint density at radius 2 is 1.52 bits per heavy atom. The minimum absolute atomic E-state index is 0.501. The van der Waals surface area contributed by atoms with Crippen LogP contribution in [0.5, 0.6) is 5.75 Å². The molecule has 4 heterocycles. The molecule has 1 N–H and O–H groups in total. The maximum Gasteiger partial charge on any atom is 0.231 e. The van der Waals surface area contributed by atoms with E-state index in [-0.39, 0.29) is 0 Å². The van der Waals surface area contributed by atoms with Gasteiger partial charge in [0.25, 0.3) is 0 Å². The molecule has 2 aromatic heterocycles. The second-order valence-corrected chi connectivity index (χ2v) is 10.4. The first-order valence-corrected chi connectivity index (χ1v) is 13.9. The van der Waals surface area contributed by atoms with Crippen LogP contribution in [0.1, 0.15) is 24.0 Å². The first kappa shape index (κ1) is 25.9. The molecule has 0 spiro atoms. The fraction of sp³-hybridized carbons (Fsp3) is 0.367. The fourth-order valence-corrected chi connectivity index (χ4v) is 5.19. The predicted molar refractivity (Wildman–Crippen MR) is 156 cm³/mol. The zero-order valence-electron chi connectivity index (χ0n) is 22.9. The number of ether oxygens (including phenoxy) is 1. The second-order valence-electron chi connectivity index (χ2n) is 10.4. The Morgan fingerprint density at radius 1 is 0.800 bits per heavy atom. The number of nitrogens with one attached hydrogen (secondary N) is 1. The summed E-state index contributed by atoms with van der Waals surface area (Å²) >= 11 is 0. The standard InChI is InChI=1S/C30H35N9O/c1-37-13-5-8-26(37)21-40-27-11-9-25(10-12-27)35-28-33-22-34-30(36-28)39-16-14-38(15-17-39)29-31-19-24(20-32-29)18-23-6-3-2-4-7-23/h2-4,6-7,9-12,19-20,22,26H,5,8,13-18,21H2,1H3,(H,33,34,35,36)/t26-/m0/s1. The Labute approximate surface area is 235 Å². The molecule has 2 aromatic carbocycles. The number of nitrogens with zero attached hydrogens (tertiary/aromatic N) is 8. The first-order chi connectivity index (χ1) is 19.7. The summed E-state index contributed by atoms with van der Waals surface area (Å²) in [4.78, 5) is 29.4. The van der Waals surface area contributed by atoms with E-state index >= 15 is 0 Å². The molecule has 206 valence electrons. The van der Waals surface area contributed by atoms with Crippen LogP contribution in [0.25, 0.3) is 0 Å². The predicted octanol–water partition coefficient (Wildman–Crippen LogP) is 3.80. The van der Waals surface area contributed by atoms with E-state index in [4.69, 9.17) is 4.74 Å². The van der Waals surface area contributed by atoms with Crippen molar-refractivity contribution in [2.24, 2.45) is 0 Å². The summed E-state index contributed by atoms with van der Waals surface area (Å²) in [7, 11) is 2.16. The largest absolute Gasteiger partial charge is 0.492 e. The number of likely N-dealkylation sites (N-methyl/N-ethyl adjacent to an activating group) is 1. The molecule has 0 aliphatic carbocycles. The third-order valence-corrected chi connectivity index (χ3v) is 7.57. The monoisotopic (exact) mass is 537 g/mol. The van der Waals surface area contributed by atoms with Gasteiger partial charge in [0.05, 0.1) is 0 Å². The van der Waals surface area contributed by atoms with Gasteiger partial charge in [-0.25, -0.2) is 19.9 Å². The third kappa shape index (κ3) is 6.45. The molecule has 6 rings (SSSR count). The quantitative estimate of drug-likeness (QED) is 0.340. The Hall–Kier alpha value is -4.31. The number of rotatable bonds is 9. The lowest BCUT2D eigenvalue weighted by atomic mass is 10.1. The van der Waals surface area contributed by atoms with Crippen LogP contribution in [0.2, 0.25) is 0 Å². The number of hydrogen-bond donors (Lipinski definition) is 1. The average Bonchev–Trinajstić information content (AvgIpc) is 3.42. The molecule has 0 unspecified atom stereocenters. The molecule has 2 saturated heterocycles. The highest BCUT2D eigenvalue weighted by molar-refractivity contribution is 5.55. The van der Waals surface area contributed by atoms with Crippen LogP contribution >= 0.6 is 0 Å². The SMILES string of the molecule is CN1CCC[C@H]1COc1ccc(Nc2ncnc(N3CCN(c4ncc(Cc5ccccc5)cn4)CC3)n2)cc1. The van der Waals surface area contributed by atoms with Gasteiger partial charge in [-0.3, -0.25) is 0 Å². The van der Waals surface area contributed by atoms with E-state index in [2.05, 4.69) is 76.2 Å². The van der Waals surface area contributed by atoms with Gasteiger partial charge in [-0.1, -0.05) is 30.3 Å². The summed E-state index contributed by atoms with van der Waals surface area (Å²) in [6.07, 6.45) is 8.69. The van der Waals surface area contributed by atoms with E-state index in [0.717, 1.165) is 68.7 Å². The zero-order valence-corrected chi connectivity index (χ0v) is 22.9. The van der Waals surface area contributed by atoms with E-state index in [9.17, 15) is 0 Å². The van der Waals surface area contributed by atoms with Crippen molar-refractivity contribution in [3.05, 3.63) is 84.4 Å². The fourth-order valence-electron chi connectivity index (χ4n) is 5.19. The van der Waals surface area contributed by atoms with Gasteiger partial charge in [0.15, 0.2) is 0 Å². The Balaban J connectivity index is 1.000. The van der Waals surface area contributed by atoms with Crippen LogP contribution in [0, 0.1) is 0 Å². The Morgan fingerprint density at radius 3 is 2.23 bits per heavy atom. The average molecular weight is 538 g/mol. The van der Waals surface area contributed by atoms with Crippen LogP contribution in [-0.4, -0.2) is 82.2 Å². The van der Waals surface area contributed by atoms with Crippen LogP contribution in [0.3, 0.4) is 0 Å². The molecule has 0 saturated carbocycles. The smallest absolute Gasteiger partial charge is 0.231 e. The van der Waals surface area contributed by atoms with Crippen molar-refractivity contribution in [2.45, 2.75) is 25.3 Å². The van der Waals surface area contributed by atoms with Crippen LogP contribution in [-0.2, 0) is 6.42 Å². The molecular formula is C30H35N9O. The summed E-state index contributed by atoms with van der Waals surface area (Å²) in [5.41, 5.74) is 3.27. The van der Waals surface area contributed by atoms with E-state index in [1.54, 1.807) is 6.33 Å². The van der Waals surface area contributed by atoms with E-state index in [0.29, 0.717) is 17.9 Å². The number of hydrogen-bond acceptors (Lipinski definition) is 10. The van der Waals surface area contributed by atoms with Gasteiger partial charge in [-0.2, -0.15) is 4.98 Å². The van der Waals surface area contributed by atoms with Crippen molar-refractivity contribution >= 4 is 23.5 Å². The summed E-state index contributed by atoms with van der Waals surface area (Å²) in [6, 6.07) is 18.8. The highest BCUT2D eigenvalue weighted by Crippen LogP contribution is 2.22. The highest BCUT2D eigenvalue weighted by atomic mass is 16.5. The van der Waals surface area contributed by atoms with Crippen LogP contribution in [0.4, 0.5) is 23.5 Å². The lowest BCUT2D eigenvalue weighted by molar-refractivity contribution is 0.198. The topological polar surface area (TPSA) is 95.4 Å². The molecule has 0 radical (unpaired) electrons. The molecule has 2 aliphatic rings. The van der Waals surface area contributed by atoms with Gasteiger partial charge in [-0.05, 0) is 61.8 Å². The Kier molecular flexibility index (Phi) is 7.95. The summed E-state index contributed by atoms with van der Waals surface area (Å²) < 4.78 is 6.00. The van der Waals surface area contributed by atoms with Gasteiger partial charge >= 0.3 is 0 Å². The number of aromatic nitrogens is 5. The molecule has 10 heteroatoms. The van der Waals surface area contributed by atoms with Gasteiger partial charge in [-0.15, -0.1) is 0 Å². The third-order valence-electron chi connectivity index (χ3n) is 7.57. The number of likely N-dealkylation sites (tertiary alicyclic amines) is 1. The van der Waals surface area contributed by atoms with Gasteiger partial charge < -0.3 is 24.8 Å². The van der Waals surface area contributed by atoms with Crippen molar-refractivity contribution < 1.29 is 4.74 Å². The molecule has 0 amide bonds. The summed E-state index contributed by atoms with van der Waals surface area (Å²) in [6.45, 7) is 5.02. The van der Waals surface area contributed by atoms with Crippen molar-refractivity contribution in [3.63, 3.8) is 0 Å². The first-order valence-electron chi connectivity index (χ1n) is 13.9. The lowest BCUT2D eigenvalue weighted by Gasteiger charge is -2.34. The molecule has 2 aliphatic heterocycles. The van der Waals surface area contributed by atoms with Crippen molar-refractivity contribution in [3.8, 4) is 5.75 Å². The number of benzene rings is 2. The van der Waals surface area contributed by atoms with Crippen molar-refractivity contribution in [1.29, 1.82) is 0 Å². The van der Waals surface area contributed by atoms with Gasteiger partial charge in [0.2, 0.25) is 17.8 Å². The van der Waals surface area contributed by atoms with E-state index in [1.807, 2.05) is 42.7 Å². The molecule has 0 bridgehead atoms. The van der Waals surface area contributed by atoms with E-state index < -0.39 is 0 Å².